The largest absolute Gasteiger partial charge is 0.388 e. The quantitative estimate of drug-likeness (QED) is 0.742. The summed E-state index contributed by atoms with van der Waals surface area (Å²) in [5, 5.41) is 10.3. The highest BCUT2D eigenvalue weighted by Gasteiger charge is 2.24. The zero-order valence-electron chi connectivity index (χ0n) is 9.57. The fourth-order valence-corrected chi connectivity index (χ4v) is 2.78. The fourth-order valence-electron chi connectivity index (χ4n) is 2.78. The van der Waals surface area contributed by atoms with Crippen LogP contribution in [0.4, 0.5) is 0 Å². The van der Waals surface area contributed by atoms with Crippen molar-refractivity contribution in [3.8, 4) is 0 Å². The number of H-pyrrole nitrogens is 2. The molecule has 90 valence electrons. The number of imidazole rings is 1. The van der Waals surface area contributed by atoms with Crippen molar-refractivity contribution in [1.29, 1.82) is 0 Å². The van der Waals surface area contributed by atoms with Gasteiger partial charge in [0.05, 0.1) is 17.1 Å². The van der Waals surface area contributed by atoms with Gasteiger partial charge in [0.2, 0.25) is 0 Å². The number of fused-ring (bicyclic) bond motifs is 1. The van der Waals surface area contributed by atoms with E-state index in [1.807, 2.05) is 18.2 Å². The number of rotatable bonds is 2. The van der Waals surface area contributed by atoms with Crippen molar-refractivity contribution in [2.45, 2.75) is 31.8 Å². The Morgan fingerprint density at radius 1 is 1.18 bits per heavy atom. The molecule has 0 spiro atoms. The molecule has 1 unspecified atom stereocenters. The van der Waals surface area contributed by atoms with E-state index >= 15 is 0 Å². The third-order valence-electron chi connectivity index (χ3n) is 3.73. The van der Waals surface area contributed by atoms with Gasteiger partial charge in [-0.2, -0.15) is 0 Å². The molecule has 0 saturated heterocycles. The van der Waals surface area contributed by atoms with Gasteiger partial charge in [0.15, 0.2) is 0 Å². The maximum atomic E-state index is 11.2. The summed E-state index contributed by atoms with van der Waals surface area (Å²) < 4.78 is 0. The highest BCUT2D eigenvalue weighted by Crippen LogP contribution is 2.35. The van der Waals surface area contributed by atoms with E-state index in [2.05, 4.69) is 9.97 Å². The van der Waals surface area contributed by atoms with Crippen molar-refractivity contribution in [3.63, 3.8) is 0 Å². The number of aromatic nitrogens is 2. The van der Waals surface area contributed by atoms with Gasteiger partial charge in [-0.3, -0.25) is 0 Å². The second kappa shape index (κ2) is 4.04. The molecule has 1 aliphatic carbocycles. The molecule has 1 aromatic heterocycles. The Kier molecular flexibility index (Phi) is 2.52. The molecule has 0 radical (unpaired) electrons. The maximum absolute atomic E-state index is 11.2. The molecule has 2 aromatic rings. The molecule has 3 N–H and O–H groups in total. The van der Waals surface area contributed by atoms with Crippen molar-refractivity contribution >= 4 is 11.0 Å². The van der Waals surface area contributed by atoms with Gasteiger partial charge < -0.3 is 15.1 Å². The normalized spacial score (nSPS) is 18.9. The highest BCUT2D eigenvalue weighted by atomic mass is 16.3. The van der Waals surface area contributed by atoms with Gasteiger partial charge >= 0.3 is 5.69 Å². The van der Waals surface area contributed by atoms with Crippen molar-refractivity contribution in [3.05, 3.63) is 34.2 Å². The van der Waals surface area contributed by atoms with E-state index in [0.717, 1.165) is 29.4 Å². The van der Waals surface area contributed by atoms with Gasteiger partial charge in [0.25, 0.3) is 0 Å². The van der Waals surface area contributed by atoms with Gasteiger partial charge in [-0.25, -0.2) is 4.79 Å². The molecule has 1 saturated carbocycles. The van der Waals surface area contributed by atoms with E-state index in [4.69, 9.17) is 0 Å². The summed E-state index contributed by atoms with van der Waals surface area (Å²) in [5.74, 6) is 0.373. The minimum Gasteiger partial charge on any atom is -0.388 e. The molecular formula is C13H16N2O2. The van der Waals surface area contributed by atoms with Gasteiger partial charge in [-0.15, -0.1) is 0 Å². The van der Waals surface area contributed by atoms with Gasteiger partial charge in [-0.05, 0) is 36.5 Å². The summed E-state index contributed by atoms with van der Waals surface area (Å²) in [6.07, 6.45) is 4.22. The van der Waals surface area contributed by atoms with Crippen LogP contribution in [0.5, 0.6) is 0 Å². The van der Waals surface area contributed by atoms with E-state index in [-0.39, 0.29) is 5.69 Å². The minimum atomic E-state index is -0.402. The molecule has 1 aromatic carbocycles. The lowest BCUT2D eigenvalue weighted by molar-refractivity contribution is 0.112. The van der Waals surface area contributed by atoms with Gasteiger partial charge in [0.1, 0.15) is 0 Å². The van der Waals surface area contributed by atoms with Crippen LogP contribution in [0.2, 0.25) is 0 Å². The second-order valence-corrected chi connectivity index (χ2v) is 4.87. The summed E-state index contributed by atoms with van der Waals surface area (Å²) in [4.78, 5) is 16.6. The van der Waals surface area contributed by atoms with E-state index in [1.54, 1.807) is 0 Å². The Bertz CT molecular complexity index is 578. The third kappa shape index (κ3) is 1.89. The van der Waals surface area contributed by atoms with Gasteiger partial charge in [0, 0.05) is 0 Å². The zero-order valence-corrected chi connectivity index (χ0v) is 9.57. The minimum absolute atomic E-state index is 0.201. The molecule has 0 amide bonds. The highest BCUT2D eigenvalue weighted by molar-refractivity contribution is 5.75. The van der Waals surface area contributed by atoms with Crippen LogP contribution in [0.3, 0.4) is 0 Å². The standard InChI is InChI=1S/C13H16N2O2/c16-12(8-3-1-2-4-8)9-5-6-10-11(7-9)15-13(17)14-10/h5-8,12,16H,1-4H2,(H2,14,15,17). The summed E-state index contributed by atoms with van der Waals surface area (Å²) in [7, 11) is 0. The smallest absolute Gasteiger partial charge is 0.323 e. The van der Waals surface area contributed by atoms with Gasteiger partial charge in [-0.1, -0.05) is 18.9 Å². The molecule has 1 atom stereocenters. The van der Waals surface area contributed by atoms with Crippen LogP contribution in [0.1, 0.15) is 37.4 Å². The summed E-state index contributed by atoms with van der Waals surface area (Å²) >= 11 is 0. The average molecular weight is 232 g/mol. The first kappa shape index (κ1) is 10.6. The molecule has 0 aliphatic heterocycles. The van der Waals surface area contributed by atoms with Crippen molar-refractivity contribution < 1.29 is 5.11 Å². The summed E-state index contributed by atoms with van der Waals surface area (Å²) in [6, 6.07) is 5.62. The second-order valence-electron chi connectivity index (χ2n) is 4.87. The molecule has 1 heterocycles. The fraction of sp³-hybridized carbons (Fsp3) is 0.462. The van der Waals surface area contributed by atoms with Crippen molar-refractivity contribution in [2.24, 2.45) is 5.92 Å². The Morgan fingerprint density at radius 3 is 2.65 bits per heavy atom. The molecule has 17 heavy (non-hydrogen) atoms. The Hall–Kier alpha value is -1.55. The van der Waals surface area contributed by atoms with Crippen LogP contribution in [0.15, 0.2) is 23.0 Å². The van der Waals surface area contributed by atoms with Crippen LogP contribution in [0.25, 0.3) is 11.0 Å². The molecule has 0 bridgehead atoms. The maximum Gasteiger partial charge on any atom is 0.323 e. The van der Waals surface area contributed by atoms with Crippen molar-refractivity contribution in [1.82, 2.24) is 9.97 Å². The first-order valence-corrected chi connectivity index (χ1v) is 6.14. The van der Waals surface area contributed by atoms with E-state index in [1.165, 1.54) is 12.8 Å². The number of benzene rings is 1. The van der Waals surface area contributed by atoms with E-state index in [9.17, 15) is 9.90 Å². The lowest BCUT2D eigenvalue weighted by atomic mass is 9.94. The van der Waals surface area contributed by atoms with Crippen LogP contribution in [0, 0.1) is 5.92 Å². The number of hydrogen-bond acceptors (Lipinski definition) is 2. The molecule has 1 fully saturated rings. The van der Waals surface area contributed by atoms with Crippen LogP contribution in [-0.4, -0.2) is 15.1 Å². The number of nitrogens with one attached hydrogen (secondary N) is 2. The topological polar surface area (TPSA) is 68.9 Å². The number of hydrogen-bond donors (Lipinski definition) is 3. The third-order valence-corrected chi connectivity index (χ3v) is 3.73. The molecule has 4 heteroatoms. The average Bonchev–Trinajstić information content (AvgIpc) is 2.94. The van der Waals surface area contributed by atoms with Crippen LogP contribution in [-0.2, 0) is 0 Å². The summed E-state index contributed by atoms with van der Waals surface area (Å²) in [6.45, 7) is 0. The predicted octanol–water partition coefficient (Wildman–Crippen LogP) is 2.08. The van der Waals surface area contributed by atoms with E-state index < -0.39 is 6.10 Å². The monoisotopic (exact) mass is 232 g/mol. The SMILES string of the molecule is O=c1[nH]c2ccc(C(O)C3CCCC3)cc2[nH]1. The lowest BCUT2D eigenvalue weighted by Gasteiger charge is -2.17. The van der Waals surface area contributed by atoms with Crippen LogP contribution >= 0.6 is 0 Å². The molecule has 4 nitrogen and oxygen atoms in total. The predicted molar refractivity (Wildman–Crippen MR) is 65.8 cm³/mol. The Morgan fingerprint density at radius 2 is 1.88 bits per heavy atom. The zero-order chi connectivity index (χ0) is 11.8. The Balaban J connectivity index is 1.96. The number of aromatic amines is 2. The molecule has 3 rings (SSSR count). The van der Waals surface area contributed by atoms with E-state index in [0.29, 0.717) is 5.92 Å². The molecular weight excluding hydrogens is 216 g/mol. The Labute approximate surface area is 98.7 Å². The van der Waals surface area contributed by atoms with Crippen molar-refractivity contribution in [2.75, 3.05) is 0 Å². The first-order chi connectivity index (χ1) is 8.24. The lowest BCUT2D eigenvalue weighted by Crippen LogP contribution is -2.08. The first-order valence-electron chi connectivity index (χ1n) is 6.14. The number of aliphatic hydroxyl groups excluding tert-OH is 1. The number of aliphatic hydroxyl groups is 1. The molecule has 1 aliphatic rings. The summed E-state index contributed by atoms with van der Waals surface area (Å²) in [5.41, 5.74) is 2.26. The van der Waals surface area contributed by atoms with Crippen LogP contribution < -0.4 is 5.69 Å².